The SMILES string of the molecule is COc1cc(/C=N/NC(=O)c2c(CN3CCCC3)nnn2-c2nonc2N)ccc1OCc1ccccc1Cl. The molecule has 0 unspecified atom stereocenters. The van der Waals surface area contributed by atoms with E-state index in [-0.39, 0.29) is 23.9 Å². The largest absolute Gasteiger partial charge is 0.493 e. The van der Waals surface area contributed by atoms with Gasteiger partial charge in [0.25, 0.3) is 5.91 Å². The second-order valence-corrected chi connectivity index (χ2v) is 9.15. The van der Waals surface area contributed by atoms with Crippen molar-refractivity contribution in [2.75, 3.05) is 25.9 Å². The Labute approximate surface area is 228 Å². The maximum atomic E-state index is 13.2. The molecule has 0 bridgehead atoms. The average molecular weight is 552 g/mol. The van der Waals surface area contributed by atoms with Crippen LogP contribution < -0.4 is 20.6 Å². The number of benzene rings is 2. The minimum atomic E-state index is -0.542. The van der Waals surface area contributed by atoms with E-state index in [1.165, 1.54) is 10.9 Å². The molecule has 4 aromatic rings. The lowest BCUT2D eigenvalue weighted by Gasteiger charge is -2.13. The predicted octanol–water partition coefficient (Wildman–Crippen LogP) is 2.83. The fourth-order valence-electron chi connectivity index (χ4n) is 4.16. The van der Waals surface area contributed by atoms with Crippen LogP contribution >= 0.6 is 11.6 Å². The van der Waals surface area contributed by atoms with Crippen molar-refractivity contribution < 1.29 is 18.9 Å². The molecular formula is C25H26ClN9O4. The normalized spacial score (nSPS) is 13.7. The number of anilines is 1. The Morgan fingerprint density at radius 3 is 2.77 bits per heavy atom. The van der Waals surface area contributed by atoms with Gasteiger partial charge < -0.3 is 15.2 Å². The van der Waals surface area contributed by atoms with E-state index < -0.39 is 5.91 Å². The number of rotatable bonds is 10. The number of nitrogens with two attached hydrogens (primary N) is 1. The van der Waals surface area contributed by atoms with Crippen molar-refractivity contribution in [2.45, 2.75) is 26.0 Å². The Hall–Kier alpha value is -4.49. The van der Waals surface area contributed by atoms with E-state index in [1.54, 1.807) is 31.4 Å². The van der Waals surface area contributed by atoms with Gasteiger partial charge >= 0.3 is 0 Å². The average Bonchev–Trinajstić information content (AvgIpc) is 3.70. The van der Waals surface area contributed by atoms with Crippen LogP contribution in [-0.4, -0.2) is 62.5 Å². The van der Waals surface area contributed by atoms with E-state index in [0.717, 1.165) is 31.5 Å². The first kappa shape index (κ1) is 26.1. The number of carbonyl (C=O) groups excluding carboxylic acids is 1. The van der Waals surface area contributed by atoms with Crippen LogP contribution in [0.15, 0.2) is 52.2 Å². The van der Waals surface area contributed by atoms with Crippen LogP contribution in [0.1, 0.15) is 40.2 Å². The molecule has 1 aliphatic rings. The number of methoxy groups -OCH3 is 1. The van der Waals surface area contributed by atoms with Crippen molar-refractivity contribution in [1.29, 1.82) is 0 Å². The summed E-state index contributed by atoms with van der Waals surface area (Å²) in [5.41, 5.74) is 10.5. The Balaban J connectivity index is 1.30. The smallest absolute Gasteiger partial charge is 0.292 e. The molecule has 0 radical (unpaired) electrons. The molecule has 1 amide bonds. The lowest BCUT2D eigenvalue weighted by Crippen LogP contribution is -2.26. The first-order valence-electron chi connectivity index (χ1n) is 12.2. The van der Waals surface area contributed by atoms with Gasteiger partial charge in [-0.25, -0.2) is 10.1 Å². The molecule has 3 heterocycles. The Morgan fingerprint density at radius 2 is 2.03 bits per heavy atom. The zero-order chi connectivity index (χ0) is 27.2. The van der Waals surface area contributed by atoms with Crippen LogP contribution in [0.25, 0.3) is 5.82 Å². The molecule has 13 nitrogen and oxygen atoms in total. The number of carbonyl (C=O) groups is 1. The highest BCUT2D eigenvalue weighted by Crippen LogP contribution is 2.29. The molecule has 1 saturated heterocycles. The van der Waals surface area contributed by atoms with E-state index in [2.05, 4.69) is 40.7 Å². The zero-order valence-electron chi connectivity index (χ0n) is 21.1. The second-order valence-electron chi connectivity index (χ2n) is 8.74. The van der Waals surface area contributed by atoms with Gasteiger partial charge in [-0.3, -0.25) is 9.69 Å². The number of halogens is 1. The molecule has 14 heteroatoms. The van der Waals surface area contributed by atoms with E-state index >= 15 is 0 Å². The van der Waals surface area contributed by atoms with Crippen molar-refractivity contribution in [3.63, 3.8) is 0 Å². The molecular weight excluding hydrogens is 526 g/mol. The number of hydrogen-bond acceptors (Lipinski definition) is 11. The van der Waals surface area contributed by atoms with E-state index in [9.17, 15) is 4.79 Å². The highest BCUT2D eigenvalue weighted by molar-refractivity contribution is 6.31. The third-order valence-corrected chi connectivity index (χ3v) is 6.50. The monoisotopic (exact) mass is 551 g/mol. The van der Waals surface area contributed by atoms with Gasteiger partial charge in [0, 0.05) is 17.1 Å². The molecule has 2 aromatic carbocycles. The predicted molar refractivity (Wildman–Crippen MR) is 142 cm³/mol. The molecule has 2 aromatic heterocycles. The standard InChI is InChI=1S/C25H26ClN9O4/c1-37-21-12-16(8-9-20(21)38-15-17-6-2-3-7-18(17)26)13-28-30-25(36)22-19(14-34-10-4-5-11-34)29-33-35(22)24-23(27)31-39-32-24/h2-3,6-9,12-13H,4-5,10-11,14-15H2,1H3,(H2,27,31)(H,30,36)/b28-13+. The summed E-state index contributed by atoms with van der Waals surface area (Å²) in [5, 5.41) is 20.3. The van der Waals surface area contributed by atoms with Crippen LogP contribution in [0.2, 0.25) is 5.02 Å². The third kappa shape index (κ3) is 5.99. The lowest BCUT2D eigenvalue weighted by molar-refractivity contribution is 0.0945. The molecule has 0 saturated carbocycles. The van der Waals surface area contributed by atoms with Gasteiger partial charge in [-0.2, -0.15) is 9.78 Å². The number of nitrogens with zero attached hydrogens (tertiary/aromatic N) is 7. The second kappa shape index (κ2) is 11.9. The van der Waals surface area contributed by atoms with Crippen molar-refractivity contribution in [3.05, 3.63) is 70.0 Å². The number of hydrazone groups is 1. The van der Waals surface area contributed by atoms with Crippen molar-refractivity contribution in [1.82, 2.24) is 35.6 Å². The quantitative estimate of drug-likeness (QED) is 0.221. The summed E-state index contributed by atoms with van der Waals surface area (Å²) in [6.07, 6.45) is 3.67. The number of amides is 1. The van der Waals surface area contributed by atoms with Crippen LogP contribution in [0, 0.1) is 0 Å². The van der Waals surface area contributed by atoms with Gasteiger partial charge in [0.1, 0.15) is 12.3 Å². The fraction of sp³-hybridized carbons (Fsp3) is 0.280. The molecule has 0 atom stereocenters. The number of likely N-dealkylation sites (tertiary alicyclic amines) is 1. The molecule has 3 N–H and O–H groups in total. The maximum absolute atomic E-state index is 13.2. The number of hydrogen-bond donors (Lipinski definition) is 2. The zero-order valence-corrected chi connectivity index (χ0v) is 21.8. The summed E-state index contributed by atoms with van der Waals surface area (Å²) in [4.78, 5) is 15.4. The van der Waals surface area contributed by atoms with Crippen LogP contribution in [0.3, 0.4) is 0 Å². The third-order valence-electron chi connectivity index (χ3n) is 6.13. The Morgan fingerprint density at radius 1 is 1.21 bits per heavy atom. The lowest BCUT2D eigenvalue weighted by atomic mass is 10.2. The van der Waals surface area contributed by atoms with Crippen LogP contribution in [0.5, 0.6) is 11.5 Å². The maximum Gasteiger partial charge on any atom is 0.292 e. The van der Waals surface area contributed by atoms with Crippen molar-refractivity contribution in [3.8, 4) is 17.3 Å². The number of ether oxygens (including phenoxy) is 2. The summed E-state index contributed by atoms with van der Waals surface area (Å²) >= 11 is 6.22. The molecule has 1 aliphatic heterocycles. The van der Waals surface area contributed by atoms with Gasteiger partial charge in [-0.05, 0) is 66.1 Å². The highest BCUT2D eigenvalue weighted by atomic mass is 35.5. The fourth-order valence-corrected chi connectivity index (χ4v) is 4.35. The minimum absolute atomic E-state index is 0.0193. The van der Waals surface area contributed by atoms with Gasteiger partial charge in [0.15, 0.2) is 17.2 Å². The van der Waals surface area contributed by atoms with Crippen LogP contribution in [0.4, 0.5) is 5.82 Å². The van der Waals surface area contributed by atoms with E-state index in [0.29, 0.717) is 34.3 Å². The molecule has 5 rings (SSSR count). The molecule has 202 valence electrons. The Bertz CT molecular complexity index is 1480. The first-order chi connectivity index (χ1) is 19.0. The summed E-state index contributed by atoms with van der Waals surface area (Å²) in [6, 6.07) is 12.7. The van der Waals surface area contributed by atoms with Crippen molar-refractivity contribution in [2.24, 2.45) is 5.10 Å². The minimum Gasteiger partial charge on any atom is -0.493 e. The summed E-state index contributed by atoms with van der Waals surface area (Å²) in [6.45, 7) is 2.57. The number of nitrogens with one attached hydrogen (secondary N) is 1. The molecule has 0 aliphatic carbocycles. The molecule has 0 spiro atoms. The van der Waals surface area contributed by atoms with Crippen molar-refractivity contribution >= 4 is 29.5 Å². The van der Waals surface area contributed by atoms with Gasteiger partial charge in [0.2, 0.25) is 11.6 Å². The topological polar surface area (TPSA) is 159 Å². The summed E-state index contributed by atoms with van der Waals surface area (Å²) in [7, 11) is 1.54. The summed E-state index contributed by atoms with van der Waals surface area (Å²) in [5.74, 6) is 0.551. The van der Waals surface area contributed by atoms with E-state index in [1.807, 2.05) is 18.2 Å². The molecule has 39 heavy (non-hydrogen) atoms. The number of aromatic nitrogens is 5. The summed E-state index contributed by atoms with van der Waals surface area (Å²) < 4.78 is 17.3. The van der Waals surface area contributed by atoms with Gasteiger partial charge in [0.05, 0.1) is 13.3 Å². The van der Waals surface area contributed by atoms with Crippen LogP contribution in [-0.2, 0) is 13.2 Å². The highest BCUT2D eigenvalue weighted by Gasteiger charge is 2.26. The van der Waals surface area contributed by atoms with E-state index in [4.69, 9.17) is 26.8 Å². The molecule has 1 fully saturated rings. The van der Waals surface area contributed by atoms with Gasteiger partial charge in [-0.1, -0.05) is 35.0 Å². The Kier molecular flexibility index (Phi) is 7.99. The number of nitrogen functional groups attached to an aromatic ring is 1. The first-order valence-corrected chi connectivity index (χ1v) is 12.5. The van der Waals surface area contributed by atoms with Gasteiger partial charge in [-0.15, -0.1) is 5.10 Å².